The van der Waals surface area contributed by atoms with Crippen LogP contribution < -0.4 is 10.1 Å². The maximum atomic E-state index is 5.57. The molecule has 2 aromatic rings. The smallest absolute Gasteiger partial charge is 0.250 e. The molecule has 1 N–H and O–H groups in total. The van der Waals surface area contributed by atoms with Gasteiger partial charge in [-0.3, -0.25) is 0 Å². The minimum atomic E-state index is 0. The van der Waals surface area contributed by atoms with Crippen molar-refractivity contribution in [1.29, 1.82) is 0 Å². The molecule has 120 valence electrons. The first-order valence-electron chi connectivity index (χ1n) is 7.12. The molecule has 0 aliphatic heterocycles. The third-order valence-corrected chi connectivity index (χ3v) is 3.09. The van der Waals surface area contributed by atoms with Crippen LogP contribution in [-0.4, -0.2) is 29.8 Å². The molecular weight excluding hydrogens is 302 g/mol. The Kier molecular flexibility index (Phi) is 7.63. The van der Waals surface area contributed by atoms with Gasteiger partial charge in [0.15, 0.2) is 5.82 Å². The van der Waals surface area contributed by atoms with Crippen LogP contribution in [0.25, 0.3) is 12.2 Å². The van der Waals surface area contributed by atoms with E-state index in [0.29, 0.717) is 24.4 Å². The van der Waals surface area contributed by atoms with Gasteiger partial charge in [0.05, 0.1) is 6.61 Å². The molecule has 1 atom stereocenters. The highest BCUT2D eigenvalue weighted by molar-refractivity contribution is 5.85. The molecule has 0 aliphatic carbocycles. The van der Waals surface area contributed by atoms with E-state index in [-0.39, 0.29) is 12.4 Å². The van der Waals surface area contributed by atoms with Crippen molar-refractivity contribution in [3.63, 3.8) is 0 Å². The lowest BCUT2D eigenvalue weighted by Crippen LogP contribution is -2.24. The number of nitrogens with zero attached hydrogens (tertiary/aromatic N) is 2. The Hall–Kier alpha value is -1.85. The van der Waals surface area contributed by atoms with Gasteiger partial charge in [0.1, 0.15) is 5.75 Å². The van der Waals surface area contributed by atoms with Crippen molar-refractivity contribution in [2.24, 2.45) is 0 Å². The van der Waals surface area contributed by atoms with Crippen molar-refractivity contribution in [1.82, 2.24) is 15.5 Å². The highest BCUT2D eigenvalue weighted by Crippen LogP contribution is 2.20. The number of hydrogen-bond acceptors (Lipinski definition) is 5. The van der Waals surface area contributed by atoms with Crippen LogP contribution in [-0.2, 0) is 6.42 Å². The standard InChI is InChI=1S/C16H21N3O2.ClH/c1-4-20-14-8-6-5-7-13(14)9-10-16-18-15(19-21-16)11-12(2)17-3;/h5-10,12,17H,4,11H2,1-3H3;1H/b10-9+;. The lowest BCUT2D eigenvalue weighted by atomic mass is 10.2. The number of benzene rings is 1. The first-order chi connectivity index (χ1) is 10.2. The molecule has 0 bridgehead atoms. The highest BCUT2D eigenvalue weighted by atomic mass is 35.5. The molecule has 1 aromatic carbocycles. The zero-order chi connectivity index (χ0) is 15.1. The van der Waals surface area contributed by atoms with Crippen molar-refractivity contribution < 1.29 is 9.26 Å². The number of aromatic nitrogens is 2. The maximum absolute atomic E-state index is 5.57. The summed E-state index contributed by atoms with van der Waals surface area (Å²) in [6, 6.07) is 8.17. The molecule has 6 heteroatoms. The van der Waals surface area contributed by atoms with Crippen molar-refractivity contribution >= 4 is 24.6 Å². The Bertz CT molecular complexity index is 599. The number of ether oxygens (including phenoxy) is 1. The fourth-order valence-corrected chi connectivity index (χ4v) is 1.86. The van der Waals surface area contributed by atoms with E-state index >= 15 is 0 Å². The van der Waals surface area contributed by atoms with E-state index in [0.717, 1.165) is 17.7 Å². The number of para-hydroxylation sites is 1. The van der Waals surface area contributed by atoms with Crippen LogP contribution in [0.4, 0.5) is 0 Å². The van der Waals surface area contributed by atoms with E-state index in [4.69, 9.17) is 9.26 Å². The Morgan fingerprint density at radius 1 is 1.32 bits per heavy atom. The molecular formula is C16H22ClN3O2. The Balaban J connectivity index is 0.00000242. The molecule has 0 amide bonds. The summed E-state index contributed by atoms with van der Waals surface area (Å²) in [4.78, 5) is 4.34. The fourth-order valence-electron chi connectivity index (χ4n) is 1.86. The lowest BCUT2D eigenvalue weighted by molar-refractivity contribution is 0.339. The zero-order valence-electron chi connectivity index (χ0n) is 13.1. The van der Waals surface area contributed by atoms with Crippen LogP contribution in [0.5, 0.6) is 5.75 Å². The quantitative estimate of drug-likeness (QED) is 0.847. The van der Waals surface area contributed by atoms with E-state index in [1.54, 1.807) is 6.08 Å². The van der Waals surface area contributed by atoms with Gasteiger partial charge in [-0.05, 0) is 33.0 Å². The summed E-state index contributed by atoms with van der Waals surface area (Å²) in [7, 11) is 1.91. The SMILES string of the molecule is CCOc1ccccc1/C=C/c1nc(CC(C)NC)no1.Cl. The monoisotopic (exact) mass is 323 g/mol. The van der Waals surface area contributed by atoms with E-state index in [1.807, 2.05) is 44.3 Å². The predicted molar refractivity (Wildman–Crippen MR) is 90.3 cm³/mol. The molecule has 1 aromatic heterocycles. The second-order valence-corrected chi connectivity index (χ2v) is 4.75. The van der Waals surface area contributed by atoms with Gasteiger partial charge in [-0.2, -0.15) is 4.98 Å². The highest BCUT2D eigenvalue weighted by Gasteiger charge is 2.07. The van der Waals surface area contributed by atoms with Crippen LogP contribution in [0, 0.1) is 0 Å². The second-order valence-electron chi connectivity index (χ2n) is 4.75. The molecule has 2 rings (SSSR count). The van der Waals surface area contributed by atoms with E-state index in [2.05, 4.69) is 22.4 Å². The van der Waals surface area contributed by atoms with Gasteiger partial charge < -0.3 is 14.6 Å². The molecule has 0 spiro atoms. The lowest BCUT2D eigenvalue weighted by Gasteiger charge is -2.05. The molecule has 22 heavy (non-hydrogen) atoms. The Morgan fingerprint density at radius 2 is 2.09 bits per heavy atom. The van der Waals surface area contributed by atoms with Crippen molar-refractivity contribution in [2.75, 3.05) is 13.7 Å². The third-order valence-electron chi connectivity index (χ3n) is 3.09. The third kappa shape index (κ3) is 5.16. The number of likely N-dealkylation sites (N-methyl/N-ethyl adjacent to an activating group) is 1. The van der Waals surface area contributed by atoms with Gasteiger partial charge in [0.2, 0.25) is 0 Å². The summed E-state index contributed by atoms with van der Waals surface area (Å²) in [6.45, 7) is 4.68. The van der Waals surface area contributed by atoms with E-state index < -0.39 is 0 Å². The Labute approximate surface area is 137 Å². The van der Waals surface area contributed by atoms with Gasteiger partial charge in [0.25, 0.3) is 5.89 Å². The van der Waals surface area contributed by atoms with E-state index in [9.17, 15) is 0 Å². The van der Waals surface area contributed by atoms with Crippen LogP contribution in [0.2, 0.25) is 0 Å². The molecule has 0 radical (unpaired) electrons. The second kappa shape index (κ2) is 9.23. The number of hydrogen-bond donors (Lipinski definition) is 1. The zero-order valence-corrected chi connectivity index (χ0v) is 13.9. The fraction of sp³-hybridized carbons (Fsp3) is 0.375. The van der Waals surface area contributed by atoms with Gasteiger partial charge in [-0.25, -0.2) is 0 Å². The van der Waals surface area contributed by atoms with E-state index in [1.165, 1.54) is 0 Å². The molecule has 1 unspecified atom stereocenters. The van der Waals surface area contributed by atoms with Crippen molar-refractivity contribution in [3.05, 3.63) is 41.5 Å². The van der Waals surface area contributed by atoms with Gasteiger partial charge >= 0.3 is 0 Å². The van der Waals surface area contributed by atoms with Gasteiger partial charge in [0, 0.05) is 24.1 Å². The molecule has 0 saturated carbocycles. The summed E-state index contributed by atoms with van der Waals surface area (Å²) >= 11 is 0. The topological polar surface area (TPSA) is 60.2 Å². The number of nitrogens with one attached hydrogen (secondary N) is 1. The normalized spacial score (nSPS) is 12.1. The average molecular weight is 324 g/mol. The first kappa shape index (κ1) is 18.2. The number of rotatable bonds is 7. The summed E-state index contributed by atoms with van der Waals surface area (Å²) in [5.74, 6) is 2.05. The van der Waals surface area contributed by atoms with Crippen LogP contribution in [0.1, 0.15) is 31.1 Å². The Morgan fingerprint density at radius 3 is 2.82 bits per heavy atom. The minimum Gasteiger partial charge on any atom is -0.493 e. The summed E-state index contributed by atoms with van der Waals surface area (Å²) in [5.41, 5.74) is 0.989. The van der Waals surface area contributed by atoms with Crippen molar-refractivity contribution in [3.8, 4) is 5.75 Å². The molecule has 0 aliphatic rings. The molecule has 1 heterocycles. The van der Waals surface area contributed by atoms with Gasteiger partial charge in [-0.1, -0.05) is 23.4 Å². The van der Waals surface area contributed by atoms with Crippen molar-refractivity contribution in [2.45, 2.75) is 26.3 Å². The summed E-state index contributed by atoms with van der Waals surface area (Å²) in [5, 5.41) is 7.11. The first-order valence-corrected chi connectivity index (χ1v) is 7.12. The van der Waals surface area contributed by atoms with Crippen LogP contribution in [0.15, 0.2) is 28.8 Å². The van der Waals surface area contributed by atoms with Crippen LogP contribution >= 0.6 is 12.4 Å². The average Bonchev–Trinajstić information content (AvgIpc) is 2.94. The minimum absolute atomic E-state index is 0. The molecule has 5 nitrogen and oxygen atoms in total. The largest absolute Gasteiger partial charge is 0.493 e. The predicted octanol–water partition coefficient (Wildman–Crippen LogP) is 3.21. The van der Waals surface area contributed by atoms with Gasteiger partial charge in [-0.15, -0.1) is 12.4 Å². The molecule has 0 saturated heterocycles. The number of halogens is 1. The summed E-state index contributed by atoms with van der Waals surface area (Å²) in [6.07, 6.45) is 4.46. The van der Waals surface area contributed by atoms with Crippen LogP contribution in [0.3, 0.4) is 0 Å². The molecule has 0 fully saturated rings. The maximum Gasteiger partial charge on any atom is 0.250 e. The summed E-state index contributed by atoms with van der Waals surface area (Å²) < 4.78 is 10.8.